The van der Waals surface area contributed by atoms with Gasteiger partial charge in [0.1, 0.15) is 5.97 Å². The van der Waals surface area contributed by atoms with E-state index in [1.807, 2.05) is 0 Å². The average molecular weight is 220 g/mol. The van der Waals surface area contributed by atoms with Crippen LogP contribution in [0, 0.1) is 0 Å². The second-order valence-corrected chi connectivity index (χ2v) is 3.36. The van der Waals surface area contributed by atoms with Gasteiger partial charge in [-0.05, 0) is 12.1 Å². The molecule has 1 atom stereocenters. The van der Waals surface area contributed by atoms with E-state index in [2.05, 4.69) is 5.73 Å². The van der Waals surface area contributed by atoms with E-state index in [0.717, 1.165) is 0 Å². The molecule has 0 amide bonds. The van der Waals surface area contributed by atoms with Gasteiger partial charge in [0.2, 0.25) is 0 Å². The number of aliphatic carboxylic acids is 1. The fourth-order valence-corrected chi connectivity index (χ4v) is 1.17. The van der Waals surface area contributed by atoms with E-state index < -0.39 is 12.0 Å². The van der Waals surface area contributed by atoms with Crippen LogP contribution in [0.15, 0.2) is 18.2 Å². The molecule has 0 fully saturated rings. The molecular formula is C8H7Cl2NO2. The molecule has 5 heteroatoms. The maximum Gasteiger partial charge on any atom is 0.150 e. The van der Waals surface area contributed by atoms with Crippen LogP contribution in [0.2, 0.25) is 10.0 Å². The van der Waals surface area contributed by atoms with E-state index in [4.69, 9.17) is 23.2 Å². The summed E-state index contributed by atoms with van der Waals surface area (Å²) >= 11 is 11.3. The molecule has 1 rings (SSSR count). The van der Waals surface area contributed by atoms with E-state index in [0.29, 0.717) is 15.6 Å². The minimum Gasteiger partial charge on any atom is -0.544 e. The Balaban J connectivity index is 3.03. The standard InChI is InChI=1S/C8H7Cl2NO2/c9-5-2-1-4(3-6(5)10)7(11)8(12)13/h1-3,7H,11H2,(H,12,13)/t7-/m0/s1. The van der Waals surface area contributed by atoms with Crippen molar-refractivity contribution in [2.45, 2.75) is 6.04 Å². The molecule has 0 aliphatic carbocycles. The number of rotatable bonds is 2. The number of carbonyl (C=O) groups excluding carboxylic acids is 1. The molecule has 0 bridgehead atoms. The summed E-state index contributed by atoms with van der Waals surface area (Å²) in [7, 11) is 0. The maximum absolute atomic E-state index is 10.4. The topological polar surface area (TPSA) is 67.8 Å². The van der Waals surface area contributed by atoms with Gasteiger partial charge in [-0.2, -0.15) is 0 Å². The van der Waals surface area contributed by atoms with Crippen molar-refractivity contribution in [1.82, 2.24) is 0 Å². The van der Waals surface area contributed by atoms with Gasteiger partial charge in [0.15, 0.2) is 6.04 Å². The zero-order valence-corrected chi connectivity index (χ0v) is 8.10. The summed E-state index contributed by atoms with van der Waals surface area (Å²) < 4.78 is 0. The Morgan fingerprint density at radius 2 is 2.00 bits per heavy atom. The first-order valence-corrected chi connectivity index (χ1v) is 4.27. The fraction of sp³-hybridized carbons (Fsp3) is 0.125. The molecule has 0 saturated heterocycles. The second-order valence-electron chi connectivity index (χ2n) is 2.55. The van der Waals surface area contributed by atoms with Crippen molar-refractivity contribution in [3.8, 4) is 0 Å². The Morgan fingerprint density at radius 3 is 2.46 bits per heavy atom. The van der Waals surface area contributed by atoms with Crippen LogP contribution in [-0.4, -0.2) is 5.97 Å². The van der Waals surface area contributed by atoms with Crippen molar-refractivity contribution < 1.29 is 15.6 Å². The molecule has 0 unspecified atom stereocenters. The Morgan fingerprint density at radius 1 is 1.38 bits per heavy atom. The smallest absolute Gasteiger partial charge is 0.150 e. The van der Waals surface area contributed by atoms with Crippen molar-refractivity contribution >= 4 is 29.2 Å². The highest BCUT2D eigenvalue weighted by atomic mass is 35.5. The number of quaternary nitrogens is 1. The number of carboxylic acid groups (broad SMARTS) is 1. The molecule has 1 aromatic rings. The van der Waals surface area contributed by atoms with E-state index in [1.165, 1.54) is 12.1 Å². The highest BCUT2D eigenvalue weighted by Crippen LogP contribution is 2.24. The first-order chi connectivity index (χ1) is 6.02. The lowest BCUT2D eigenvalue weighted by molar-refractivity contribution is -0.443. The third-order valence-corrected chi connectivity index (χ3v) is 2.37. The number of hydrogen-bond donors (Lipinski definition) is 1. The zero-order valence-electron chi connectivity index (χ0n) is 6.59. The van der Waals surface area contributed by atoms with Crippen LogP contribution in [0.4, 0.5) is 0 Å². The monoisotopic (exact) mass is 219 g/mol. The van der Waals surface area contributed by atoms with Crippen LogP contribution in [0.5, 0.6) is 0 Å². The predicted octanol–water partition coefficient (Wildman–Crippen LogP) is 0.0263. The Bertz CT molecular complexity index is 341. The molecule has 3 N–H and O–H groups in total. The van der Waals surface area contributed by atoms with Crippen LogP contribution < -0.4 is 10.8 Å². The quantitative estimate of drug-likeness (QED) is 0.763. The first-order valence-electron chi connectivity index (χ1n) is 3.51. The second kappa shape index (κ2) is 3.96. The minimum atomic E-state index is -1.24. The molecule has 13 heavy (non-hydrogen) atoms. The van der Waals surface area contributed by atoms with Gasteiger partial charge in [-0.3, -0.25) is 0 Å². The summed E-state index contributed by atoms with van der Waals surface area (Å²) in [5.74, 6) is -1.24. The summed E-state index contributed by atoms with van der Waals surface area (Å²) in [6.07, 6.45) is 0. The Labute approximate surface area is 85.1 Å². The minimum absolute atomic E-state index is 0.314. The molecular weight excluding hydrogens is 213 g/mol. The number of carboxylic acids is 1. The van der Waals surface area contributed by atoms with Crippen LogP contribution in [0.1, 0.15) is 11.6 Å². The van der Waals surface area contributed by atoms with Crippen molar-refractivity contribution in [3.05, 3.63) is 33.8 Å². The molecule has 0 saturated carbocycles. The molecule has 0 heterocycles. The molecule has 0 aromatic heterocycles. The van der Waals surface area contributed by atoms with Crippen LogP contribution in [0.25, 0.3) is 0 Å². The van der Waals surface area contributed by atoms with Crippen LogP contribution in [-0.2, 0) is 4.79 Å². The predicted molar refractivity (Wildman–Crippen MR) is 47.1 cm³/mol. The van der Waals surface area contributed by atoms with Gasteiger partial charge in [0.05, 0.1) is 10.0 Å². The van der Waals surface area contributed by atoms with Crippen molar-refractivity contribution in [3.63, 3.8) is 0 Å². The van der Waals surface area contributed by atoms with Gasteiger partial charge in [-0.15, -0.1) is 0 Å². The lowest BCUT2D eigenvalue weighted by Crippen LogP contribution is -2.61. The zero-order chi connectivity index (χ0) is 10.0. The van der Waals surface area contributed by atoms with Crippen molar-refractivity contribution in [2.24, 2.45) is 0 Å². The largest absolute Gasteiger partial charge is 0.544 e. The Kier molecular flexibility index (Phi) is 3.14. The van der Waals surface area contributed by atoms with Gasteiger partial charge < -0.3 is 15.6 Å². The average Bonchev–Trinajstić information content (AvgIpc) is 2.08. The van der Waals surface area contributed by atoms with Gasteiger partial charge >= 0.3 is 0 Å². The molecule has 0 radical (unpaired) electrons. The van der Waals surface area contributed by atoms with E-state index in [1.54, 1.807) is 6.07 Å². The molecule has 0 aliphatic rings. The third kappa shape index (κ3) is 2.34. The van der Waals surface area contributed by atoms with Crippen molar-refractivity contribution in [1.29, 1.82) is 0 Å². The van der Waals surface area contributed by atoms with Crippen LogP contribution in [0.3, 0.4) is 0 Å². The summed E-state index contributed by atoms with van der Waals surface area (Å²) in [5, 5.41) is 11.1. The molecule has 1 aromatic carbocycles. The van der Waals surface area contributed by atoms with Gasteiger partial charge in [-0.1, -0.05) is 29.3 Å². The normalized spacial score (nSPS) is 12.5. The molecule has 0 aliphatic heterocycles. The summed E-state index contributed by atoms with van der Waals surface area (Å²) in [5.41, 5.74) is 3.90. The van der Waals surface area contributed by atoms with E-state index in [9.17, 15) is 9.90 Å². The SMILES string of the molecule is [NH3+][C@H](C(=O)[O-])c1ccc(Cl)c(Cl)c1. The fourth-order valence-electron chi connectivity index (χ4n) is 0.865. The van der Waals surface area contributed by atoms with Crippen molar-refractivity contribution in [2.75, 3.05) is 0 Å². The van der Waals surface area contributed by atoms with Gasteiger partial charge in [0, 0.05) is 5.56 Å². The molecule has 70 valence electrons. The van der Waals surface area contributed by atoms with Gasteiger partial charge in [0.25, 0.3) is 0 Å². The highest BCUT2D eigenvalue weighted by Gasteiger charge is 2.11. The van der Waals surface area contributed by atoms with E-state index in [-0.39, 0.29) is 0 Å². The summed E-state index contributed by atoms with van der Waals surface area (Å²) in [4.78, 5) is 10.4. The lowest BCUT2D eigenvalue weighted by Gasteiger charge is -2.09. The highest BCUT2D eigenvalue weighted by molar-refractivity contribution is 6.42. The number of hydrogen-bond acceptors (Lipinski definition) is 2. The van der Waals surface area contributed by atoms with Crippen LogP contribution >= 0.6 is 23.2 Å². The van der Waals surface area contributed by atoms with Gasteiger partial charge in [-0.25, -0.2) is 0 Å². The number of carbonyl (C=O) groups is 1. The lowest BCUT2D eigenvalue weighted by atomic mass is 10.1. The molecule has 0 spiro atoms. The number of benzene rings is 1. The van der Waals surface area contributed by atoms with E-state index >= 15 is 0 Å². The third-order valence-electron chi connectivity index (χ3n) is 1.63. The number of halogens is 2. The Hall–Kier alpha value is -0.770. The maximum atomic E-state index is 10.4. The summed E-state index contributed by atoms with van der Waals surface area (Å²) in [6, 6.07) is 3.63. The summed E-state index contributed by atoms with van der Waals surface area (Å²) in [6.45, 7) is 0. The first kappa shape index (κ1) is 10.3. The molecule has 3 nitrogen and oxygen atoms in total.